The van der Waals surface area contributed by atoms with Crippen LogP contribution in [0, 0.1) is 5.92 Å². The van der Waals surface area contributed by atoms with Gasteiger partial charge in [0, 0.05) is 37.3 Å². The molecule has 0 fully saturated rings. The van der Waals surface area contributed by atoms with Gasteiger partial charge < -0.3 is 10.2 Å². The summed E-state index contributed by atoms with van der Waals surface area (Å²) in [7, 11) is 0. The molecule has 15 heavy (non-hydrogen) atoms. The van der Waals surface area contributed by atoms with Crippen molar-refractivity contribution < 1.29 is 4.79 Å². The highest BCUT2D eigenvalue weighted by Gasteiger charge is 2.15. The summed E-state index contributed by atoms with van der Waals surface area (Å²) in [6.07, 6.45) is 0. The first kappa shape index (κ1) is 14.8. The van der Waals surface area contributed by atoms with Crippen LogP contribution >= 0.6 is 12.6 Å². The van der Waals surface area contributed by atoms with Gasteiger partial charge in [0.2, 0.25) is 5.91 Å². The lowest BCUT2D eigenvalue weighted by molar-refractivity contribution is -0.134. The molecule has 3 nitrogen and oxygen atoms in total. The van der Waals surface area contributed by atoms with Gasteiger partial charge in [0.15, 0.2) is 0 Å². The van der Waals surface area contributed by atoms with E-state index >= 15 is 0 Å². The molecule has 0 rings (SSSR count). The molecular weight excluding hydrogens is 208 g/mol. The zero-order valence-corrected chi connectivity index (χ0v) is 11.2. The zero-order valence-electron chi connectivity index (χ0n) is 10.3. The van der Waals surface area contributed by atoms with E-state index in [1.54, 1.807) is 0 Å². The highest BCUT2D eigenvalue weighted by Crippen LogP contribution is 2.01. The van der Waals surface area contributed by atoms with Gasteiger partial charge >= 0.3 is 0 Å². The predicted molar refractivity (Wildman–Crippen MR) is 68.4 cm³/mol. The molecule has 0 aromatic heterocycles. The third-order valence-electron chi connectivity index (χ3n) is 2.11. The third kappa shape index (κ3) is 6.79. The van der Waals surface area contributed by atoms with E-state index in [1.165, 1.54) is 0 Å². The fourth-order valence-electron chi connectivity index (χ4n) is 1.31. The predicted octanol–water partition coefficient (Wildman–Crippen LogP) is 1.40. The number of rotatable bonds is 7. The van der Waals surface area contributed by atoms with Crippen molar-refractivity contribution in [2.75, 3.05) is 25.4 Å². The summed E-state index contributed by atoms with van der Waals surface area (Å²) < 4.78 is 0. The molecule has 0 aromatic rings. The number of amides is 1. The molecule has 1 N–H and O–H groups in total. The Morgan fingerprint density at radius 3 is 2.27 bits per heavy atom. The van der Waals surface area contributed by atoms with Crippen LogP contribution in [0.5, 0.6) is 0 Å². The molecule has 0 spiro atoms. The first-order chi connectivity index (χ1) is 6.99. The van der Waals surface area contributed by atoms with Gasteiger partial charge in [-0.3, -0.25) is 4.79 Å². The van der Waals surface area contributed by atoms with Crippen molar-refractivity contribution >= 4 is 18.5 Å². The van der Waals surface area contributed by atoms with Crippen LogP contribution in [0.15, 0.2) is 0 Å². The maximum absolute atomic E-state index is 11.8. The van der Waals surface area contributed by atoms with Gasteiger partial charge in [-0.05, 0) is 0 Å². The lowest BCUT2D eigenvalue weighted by Gasteiger charge is -2.24. The van der Waals surface area contributed by atoms with Crippen LogP contribution in [0.25, 0.3) is 0 Å². The lowest BCUT2D eigenvalue weighted by atomic mass is 10.2. The Bertz CT molecular complexity index is 183. The molecule has 0 aromatic carbocycles. The van der Waals surface area contributed by atoms with E-state index in [9.17, 15) is 4.79 Å². The van der Waals surface area contributed by atoms with E-state index in [-0.39, 0.29) is 11.8 Å². The summed E-state index contributed by atoms with van der Waals surface area (Å²) in [4.78, 5) is 13.7. The first-order valence-corrected chi connectivity index (χ1v) is 6.25. The summed E-state index contributed by atoms with van der Waals surface area (Å²) in [5.41, 5.74) is 0. The Balaban J connectivity index is 3.98. The van der Waals surface area contributed by atoms with Crippen LogP contribution in [0.1, 0.15) is 27.7 Å². The van der Waals surface area contributed by atoms with Gasteiger partial charge in [0.25, 0.3) is 0 Å². The van der Waals surface area contributed by atoms with E-state index in [2.05, 4.69) is 31.8 Å². The van der Waals surface area contributed by atoms with Crippen LogP contribution in [-0.4, -0.2) is 42.2 Å². The highest BCUT2D eigenvalue weighted by molar-refractivity contribution is 7.80. The second kappa shape index (κ2) is 7.99. The van der Waals surface area contributed by atoms with Crippen molar-refractivity contribution in [3.8, 4) is 0 Å². The minimum Gasteiger partial charge on any atom is -0.340 e. The maximum atomic E-state index is 11.8. The van der Waals surface area contributed by atoms with Crippen molar-refractivity contribution in [1.29, 1.82) is 0 Å². The number of hydrogen-bond donors (Lipinski definition) is 2. The van der Waals surface area contributed by atoms with Crippen LogP contribution in [0.2, 0.25) is 0 Å². The molecule has 0 saturated heterocycles. The summed E-state index contributed by atoms with van der Waals surface area (Å²) in [6, 6.07) is 0.469. The average molecular weight is 232 g/mol. The lowest BCUT2D eigenvalue weighted by Crippen LogP contribution is -2.41. The van der Waals surface area contributed by atoms with E-state index in [4.69, 9.17) is 0 Å². The largest absolute Gasteiger partial charge is 0.340 e. The van der Waals surface area contributed by atoms with Crippen molar-refractivity contribution in [2.24, 2.45) is 5.92 Å². The topological polar surface area (TPSA) is 32.3 Å². The Morgan fingerprint density at radius 1 is 1.27 bits per heavy atom. The number of thiol groups is 1. The molecule has 0 aliphatic carbocycles. The number of hydrogen-bond acceptors (Lipinski definition) is 3. The van der Waals surface area contributed by atoms with E-state index < -0.39 is 0 Å². The number of carbonyl (C=O) groups is 1. The Hall–Kier alpha value is -0.220. The van der Waals surface area contributed by atoms with Gasteiger partial charge in [-0.2, -0.15) is 12.6 Å². The minimum atomic E-state index is 0.0731. The highest BCUT2D eigenvalue weighted by atomic mass is 32.1. The molecule has 0 bridgehead atoms. The third-order valence-corrected chi connectivity index (χ3v) is 2.31. The Kier molecular flexibility index (Phi) is 7.88. The van der Waals surface area contributed by atoms with Crippen LogP contribution in [0.4, 0.5) is 0 Å². The fourth-order valence-corrected chi connectivity index (χ4v) is 1.55. The Labute approximate surface area is 99.0 Å². The van der Waals surface area contributed by atoms with Gasteiger partial charge in [-0.1, -0.05) is 27.7 Å². The van der Waals surface area contributed by atoms with Gasteiger partial charge in [0.1, 0.15) is 0 Å². The van der Waals surface area contributed by atoms with Crippen molar-refractivity contribution in [1.82, 2.24) is 10.2 Å². The monoisotopic (exact) mass is 232 g/mol. The van der Waals surface area contributed by atoms with E-state index in [0.29, 0.717) is 6.04 Å². The van der Waals surface area contributed by atoms with Crippen LogP contribution < -0.4 is 5.32 Å². The molecule has 0 atom stereocenters. The molecule has 0 aliphatic rings. The first-order valence-electron chi connectivity index (χ1n) is 5.62. The second-order valence-corrected chi connectivity index (χ2v) is 4.76. The number of nitrogens with one attached hydrogen (secondary N) is 1. The molecule has 1 amide bonds. The smallest absolute Gasteiger partial charge is 0.225 e. The summed E-state index contributed by atoms with van der Waals surface area (Å²) in [5, 5.41) is 3.31. The second-order valence-electron chi connectivity index (χ2n) is 4.31. The van der Waals surface area contributed by atoms with Gasteiger partial charge in [-0.15, -0.1) is 0 Å². The quantitative estimate of drug-likeness (QED) is 0.650. The van der Waals surface area contributed by atoms with Crippen molar-refractivity contribution in [3.05, 3.63) is 0 Å². The number of nitrogens with zero attached hydrogens (tertiary/aromatic N) is 1. The van der Waals surface area contributed by atoms with Crippen LogP contribution in [-0.2, 0) is 4.79 Å². The molecule has 0 radical (unpaired) electrons. The standard InChI is InChI=1S/C11H24N2OS/c1-9(2)11(14)13(7-8-15)6-5-12-10(3)4/h9-10,12,15H,5-8H2,1-4H3. The molecular formula is C11H24N2OS. The maximum Gasteiger partial charge on any atom is 0.225 e. The molecule has 90 valence electrons. The fraction of sp³-hybridized carbons (Fsp3) is 0.909. The molecule has 0 unspecified atom stereocenters. The van der Waals surface area contributed by atoms with Crippen molar-refractivity contribution in [2.45, 2.75) is 33.7 Å². The summed E-state index contributed by atoms with van der Waals surface area (Å²) in [5.74, 6) is 1.01. The average Bonchev–Trinajstić information content (AvgIpc) is 2.14. The SMILES string of the molecule is CC(C)NCCN(CCS)C(=O)C(C)C. The Morgan fingerprint density at radius 2 is 1.87 bits per heavy atom. The molecule has 0 aliphatic heterocycles. The number of carbonyl (C=O) groups excluding carboxylic acids is 1. The molecule has 0 heterocycles. The van der Waals surface area contributed by atoms with E-state index in [1.807, 2.05) is 18.7 Å². The zero-order chi connectivity index (χ0) is 11.8. The van der Waals surface area contributed by atoms with Gasteiger partial charge in [-0.25, -0.2) is 0 Å². The van der Waals surface area contributed by atoms with Gasteiger partial charge in [0.05, 0.1) is 0 Å². The molecule has 0 saturated carbocycles. The van der Waals surface area contributed by atoms with Crippen LogP contribution in [0.3, 0.4) is 0 Å². The normalized spacial score (nSPS) is 11.1. The minimum absolute atomic E-state index is 0.0731. The summed E-state index contributed by atoms with van der Waals surface area (Å²) in [6.45, 7) is 10.4. The van der Waals surface area contributed by atoms with E-state index in [0.717, 1.165) is 25.4 Å². The molecule has 4 heteroatoms. The summed E-state index contributed by atoms with van der Waals surface area (Å²) >= 11 is 4.17. The van der Waals surface area contributed by atoms with Crippen molar-refractivity contribution in [3.63, 3.8) is 0 Å².